The van der Waals surface area contributed by atoms with Crippen molar-refractivity contribution in [3.63, 3.8) is 0 Å². The Labute approximate surface area is 137 Å². The van der Waals surface area contributed by atoms with E-state index in [1.165, 1.54) is 13.8 Å². The second-order valence-corrected chi connectivity index (χ2v) is 6.39. The van der Waals surface area contributed by atoms with Gasteiger partial charge in [-0.1, -0.05) is 15.9 Å². The molecule has 0 fully saturated rings. The average Bonchev–Trinajstić information content (AvgIpc) is 2.45. The lowest BCUT2D eigenvalue weighted by Crippen LogP contribution is -2.40. The molecular weight excluding hydrogens is 352 g/mol. The van der Waals surface area contributed by atoms with Crippen LogP contribution >= 0.6 is 15.9 Å². The normalized spacial score (nSPS) is 10.9. The van der Waals surface area contributed by atoms with Gasteiger partial charge in [0.25, 0.3) is 5.91 Å². The van der Waals surface area contributed by atoms with Crippen molar-refractivity contribution < 1.29 is 19.5 Å². The molecule has 0 saturated carbocycles. The molecule has 0 unspecified atom stereocenters. The number of hydrogen-bond donors (Lipinski definition) is 3. The molecule has 0 bridgehead atoms. The van der Waals surface area contributed by atoms with Gasteiger partial charge < -0.3 is 15.7 Å². The Morgan fingerprint density at radius 3 is 2.27 bits per heavy atom. The fourth-order valence-electron chi connectivity index (χ4n) is 1.48. The van der Waals surface area contributed by atoms with E-state index in [1.807, 2.05) is 0 Å². The summed E-state index contributed by atoms with van der Waals surface area (Å²) >= 11 is 3.28. The van der Waals surface area contributed by atoms with Gasteiger partial charge >= 0.3 is 5.97 Å². The Balaban J connectivity index is 2.32. The van der Waals surface area contributed by atoms with Gasteiger partial charge in [0.15, 0.2) is 0 Å². The minimum atomic E-state index is -1.02. The number of benzene rings is 1. The highest BCUT2D eigenvalue weighted by Gasteiger charge is 2.27. The van der Waals surface area contributed by atoms with Crippen molar-refractivity contribution in [1.29, 1.82) is 0 Å². The van der Waals surface area contributed by atoms with Crippen molar-refractivity contribution >= 4 is 33.7 Å². The highest BCUT2D eigenvalue weighted by atomic mass is 79.9. The fraction of sp³-hybridized carbons (Fsp3) is 0.400. The van der Waals surface area contributed by atoms with Crippen LogP contribution in [0.1, 0.15) is 30.6 Å². The van der Waals surface area contributed by atoms with Gasteiger partial charge in [0.1, 0.15) is 0 Å². The number of amides is 2. The zero-order valence-corrected chi connectivity index (χ0v) is 14.1. The molecule has 1 aromatic rings. The Bertz CT molecular complexity index is 555. The number of carboxylic acids is 1. The van der Waals surface area contributed by atoms with Gasteiger partial charge in [-0.25, -0.2) is 0 Å². The van der Waals surface area contributed by atoms with E-state index in [0.717, 1.165) is 4.47 Å². The number of aliphatic carboxylic acids is 1. The first-order valence-corrected chi connectivity index (χ1v) is 7.55. The molecule has 0 heterocycles. The predicted octanol–water partition coefficient (Wildman–Crippen LogP) is 1.80. The molecule has 6 nitrogen and oxygen atoms in total. The monoisotopic (exact) mass is 370 g/mol. The third-order valence-electron chi connectivity index (χ3n) is 3.05. The topological polar surface area (TPSA) is 95.5 Å². The molecule has 0 atom stereocenters. The van der Waals surface area contributed by atoms with Crippen molar-refractivity contribution in [2.24, 2.45) is 5.41 Å². The first-order valence-electron chi connectivity index (χ1n) is 6.76. The summed E-state index contributed by atoms with van der Waals surface area (Å²) in [5.74, 6) is -1.53. The molecule has 3 N–H and O–H groups in total. The van der Waals surface area contributed by atoms with E-state index in [-0.39, 0.29) is 31.3 Å². The molecule has 0 aliphatic heterocycles. The van der Waals surface area contributed by atoms with Crippen LogP contribution < -0.4 is 10.6 Å². The van der Waals surface area contributed by atoms with Crippen molar-refractivity contribution in [3.8, 4) is 0 Å². The predicted molar refractivity (Wildman–Crippen MR) is 85.5 cm³/mol. The summed E-state index contributed by atoms with van der Waals surface area (Å²) in [5, 5.41) is 14.1. The number of hydrogen-bond acceptors (Lipinski definition) is 3. The molecule has 0 radical (unpaired) electrons. The minimum Gasteiger partial charge on any atom is -0.481 e. The Morgan fingerprint density at radius 2 is 1.73 bits per heavy atom. The molecule has 0 aliphatic carbocycles. The maximum atomic E-state index is 11.8. The molecule has 120 valence electrons. The van der Waals surface area contributed by atoms with Gasteiger partial charge in [0.2, 0.25) is 5.91 Å². The highest BCUT2D eigenvalue weighted by Crippen LogP contribution is 2.13. The number of halogens is 1. The zero-order valence-electron chi connectivity index (χ0n) is 12.5. The summed E-state index contributed by atoms with van der Waals surface area (Å²) in [6.45, 7) is 3.30. The molecule has 22 heavy (non-hydrogen) atoms. The number of carboxylic acid groups (broad SMARTS) is 1. The molecule has 0 spiro atoms. The maximum absolute atomic E-state index is 11.8. The van der Waals surface area contributed by atoms with Crippen molar-refractivity contribution in [2.45, 2.75) is 20.3 Å². The summed E-state index contributed by atoms with van der Waals surface area (Å²) in [4.78, 5) is 34.3. The van der Waals surface area contributed by atoms with Crippen LogP contribution in [-0.2, 0) is 9.59 Å². The number of carbonyl (C=O) groups is 3. The van der Waals surface area contributed by atoms with E-state index in [4.69, 9.17) is 5.11 Å². The number of carbonyl (C=O) groups excluding carboxylic acids is 2. The van der Waals surface area contributed by atoms with E-state index in [9.17, 15) is 14.4 Å². The summed E-state index contributed by atoms with van der Waals surface area (Å²) < 4.78 is 0.879. The highest BCUT2D eigenvalue weighted by molar-refractivity contribution is 9.10. The van der Waals surface area contributed by atoms with Crippen molar-refractivity contribution in [3.05, 3.63) is 34.3 Å². The van der Waals surface area contributed by atoms with Crippen molar-refractivity contribution in [2.75, 3.05) is 13.1 Å². The lowest BCUT2D eigenvalue weighted by Gasteiger charge is -2.19. The van der Waals surface area contributed by atoms with E-state index in [2.05, 4.69) is 26.6 Å². The standard InChI is InChI=1S/C15H19BrN2O4/c1-15(2,14(21)22)9-18-12(19)7-8-17-13(20)10-3-5-11(16)6-4-10/h3-6H,7-9H2,1-2H3,(H,17,20)(H,18,19)(H,21,22). The SMILES string of the molecule is CC(C)(CNC(=O)CCNC(=O)c1ccc(Br)cc1)C(=O)O. The van der Waals surface area contributed by atoms with E-state index < -0.39 is 11.4 Å². The Morgan fingerprint density at radius 1 is 1.14 bits per heavy atom. The molecule has 7 heteroatoms. The maximum Gasteiger partial charge on any atom is 0.310 e. The first kappa shape index (κ1) is 18.2. The van der Waals surface area contributed by atoms with Crippen LogP contribution in [0.5, 0.6) is 0 Å². The number of rotatable bonds is 7. The van der Waals surface area contributed by atoms with Crippen LogP contribution in [0.3, 0.4) is 0 Å². The summed E-state index contributed by atoms with van der Waals surface area (Å²) in [6.07, 6.45) is 0.0952. The van der Waals surface area contributed by atoms with E-state index in [1.54, 1.807) is 24.3 Å². The molecular formula is C15H19BrN2O4. The van der Waals surface area contributed by atoms with Crippen LogP contribution in [0.2, 0.25) is 0 Å². The van der Waals surface area contributed by atoms with Crippen LogP contribution in [0, 0.1) is 5.41 Å². The second kappa shape index (κ2) is 7.93. The van der Waals surface area contributed by atoms with E-state index >= 15 is 0 Å². The minimum absolute atomic E-state index is 0.0435. The molecule has 1 aromatic carbocycles. The zero-order chi connectivity index (χ0) is 16.8. The van der Waals surface area contributed by atoms with Gasteiger partial charge in [-0.15, -0.1) is 0 Å². The molecule has 0 aliphatic rings. The average molecular weight is 371 g/mol. The molecule has 0 aromatic heterocycles. The summed E-state index contributed by atoms with van der Waals surface area (Å²) in [7, 11) is 0. The van der Waals surface area contributed by atoms with Gasteiger partial charge in [-0.2, -0.15) is 0 Å². The molecule has 1 rings (SSSR count). The van der Waals surface area contributed by atoms with Crippen molar-refractivity contribution in [1.82, 2.24) is 10.6 Å². The van der Waals surface area contributed by atoms with Gasteiger partial charge in [-0.3, -0.25) is 14.4 Å². The lowest BCUT2D eigenvalue weighted by molar-refractivity contribution is -0.146. The van der Waals surface area contributed by atoms with Gasteiger partial charge in [0.05, 0.1) is 5.41 Å². The third-order valence-corrected chi connectivity index (χ3v) is 3.58. The summed E-state index contributed by atoms with van der Waals surface area (Å²) in [5.41, 5.74) is -0.508. The van der Waals surface area contributed by atoms with Crippen LogP contribution in [0.15, 0.2) is 28.7 Å². The first-order chi connectivity index (χ1) is 10.2. The third kappa shape index (κ3) is 5.85. The Hall–Kier alpha value is -1.89. The van der Waals surface area contributed by atoms with Gasteiger partial charge in [0, 0.05) is 29.5 Å². The van der Waals surface area contributed by atoms with Crippen LogP contribution in [0.25, 0.3) is 0 Å². The Kier molecular flexibility index (Phi) is 6.55. The van der Waals surface area contributed by atoms with Gasteiger partial charge in [-0.05, 0) is 38.1 Å². The quantitative estimate of drug-likeness (QED) is 0.681. The number of nitrogens with one attached hydrogen (secondary N) is 2. The second-order valence-electron chi connectivity index (χ2n) is 5.48. The van der Waals surface area contributed by atoms with E-state index in [0.29, 0.717) is 5.56 Å². The molecule has 2 amide bonds. The smallest absolute Gasteiger partial charge is 0.310 e. The largest absolute Gasteiger partial charge is 0.481 e. The lowest BCUT2D eigenvalue weighted by atomic mass is 9.94. The molecule has 0 saturated heterocycles. The van der Waals surface area contributed by atoms with Crippen LogP contribution in [-0.4, -0.2) is 36.0 Å². The van der Waals surface area contributed by atoms with Crippen LogP contribution in [0.4, 0.5) is 0 Å². The fourth-order valence-corrected chi connectivity index (χ4v) is 1.74. The summed E-state index contributed by atoms with van der Waals surface area (Å²) in [6, 6.07) is 6.87.